The Morgan fingerprint density at radius 2 is 2.05 bits per heavy atom. The fraction of sp³-hybridized carbons (Fsp3) is 0.188. The van der Waals surface area contributed by atoms with Gasteiger partial charge in [0.2, 0.25) is 0 Å². The topological polar surface area (TPSA) is 29.1 Å². The van der Waals surface area contributed by atoms with Gasteiger partial charge in [-0.25, -0.2) is 4.39 Å². The summed E-state index contributed by atoms with van der Waals surface area (Å²) >= 11 is 5.78. The molecule has 0 saturated carbocycles. The molecular formula is C16H12BrFINO. The summed E-state index contributed by atoms with van der Waals surface area (Å²) in [4.78, 5) is 11.9. The van der Waals surface area contributed by atoms with E-state index in [1.807, 2.05) is 18.2 Å². The monoisotopic (exact) mass is 459 g/mol. The predicted octanol–water partition coefficient (Wildman–Crippen LogP) is 4.20. The van der Waals surface area contributed by atoms with E-state index in [1.165, 1.54) is 12.1 Å². The van der Waals surface area contributed by atoms with Crippen molar-refractivity contribution >= 4 is 44.4 Å². The Kier molecular flexibility index (Phi) is 4.31. The lowest BCUT2D eigenvalue weighted by molar-refractivity contribution is 0.0946. The second-order valence-corrected chi connectivity index (χ2v) is 7.03. The molecule has 21 heavy (non-hydrogen) atoms. The maximum absolute atomic E-state index is 13.2. The van der Waals surface area contributed by atoms with Crippen LogP contribution in [0.25, 0.3) is 0 Å². The molecule has 0 fully saturated rings. The Hall–Kier alpha value is -0.950. The summed E-state index contributed by atoms with van der Waals surface area (Å²) in [6.07, 6.45) is 0.863. The zero-order valence-corrected chi connectivity index (χ0v) is 14.7. The maximum Gasteiger partial charge on any atom is 0.251 e. The maximum atomic E-state index is 13.2. The minimum absolute atomic E-state index is 0.0217. The molecule has 1 amide bonds. The summed E-state index contributed by atoms with van der Waals surface area (Å²) in [6.45, 7) is 0.693. The van der Waals surface area contributed by atoms with Crippen LogP contribution in [0.5, 0.6) is 0 Å². The largest absolute Gasteiger partial charge is 0.352 e. The van der Waals surface area contributed by atoms with Crippen LogP contribution in [0.3, 0.4) is 0 Å². The van der Waals surface area contributed by atoms with Crippen LogP contribution in [0.15, 0.2) is 36.4 Å². The first-order valence-electron chi connectivity index (χ1n) is 6.56. The Labute approximate surface area is 144 Å². The lowest BCUT2D eigenvalue weighted by Crippen LogP contribution is -2.31. The normalized spacial score (nSPS) is 15.3. The molecule has 2 nitrogen and oxygen atoms in total. The number of hydrogen-bond acceptors (Lipinski definition) is 1. The van der Waals surface area contributed by atoms with Crippen LogP contribution >= 0.6 is 38.5 Å². The molecule has 1 aliphatic heterocycles. The second kappa shape index (κ2) is 6.04. The number of carbonyl (C=O) groups is 1. The van der Waals surface area contributed by atoms with Gasteiger partial charge in [-0.1, -0.05) is 34.1 Å². The molecule has 0 bridgehead atoms. The van der Waals surface area contributed by atoms with Gasteiger partial charge in [0.25, 0.3) is 5.91 Å². The predicted molar refractivity (Wildman–Crippen MR) is 92.4 cm³/mol. The van der Waals surface area contributed by atoms with Crippen molar-refractivity contribution in [1.29, 1.82) is 0 Å². The van der Waals surface area contributed by atoms with Gasteiger partial charge >= 0.3 is 0 Å². The molecule has 0 aromatic heterocycles. The summed E-state index contributed by atoms with van der Waals surface area (Å²) in [5.41, 5.74) is 3.81. The Balaban J connectivity index is 2.00. The van der Waals surface area contributed by atoms with Gasteiger partial charge in [-0.05, 0) is 63.9 Å². The van der Waals surface area contributed by atoms with Crippen molar-refractivity contribution in [3.63, 3.8) is 0 Å². The highest BCUT2D eigenvalue weighted by atomic mass is 127. The van der Waals surface area contributed by atoms with Gasteiger partial charge in [-0.15, -0.1) is 0 Å². The first-order valence-corrected chi connectivity index (χ1v) is 8.56. The first kappa shape index (κ1) is 15.0. The zero-order valence-electron chi connectivity index (χ0n) is 11.0. The van der Waals surface area contributed by atoms with E-state index in [4.69, 9.17) is 0 Å². The van der Waals surface area contributed by atoms with Crippen LogP contribution in [0.4, 0.5) is 4.39 Å². The Morgan fingerprint density at radius 3 is 2.81 bits per heavy atom. The summed E-state index contributed by atoms with van der Waals surface area (Å²) in [7, 11) is 0. The van der Waals surface area contributed by atoms with Crippen molar-refractivity contribution in [2.45, 2.75) is 11.2 Å². The van der Waals surface area contributed by atoms with Crippen LogP contribution < -0.4 is 5.32 Å². The second-order valence-electron chi connectivity index (χ2n) is 4.95. The van der Waals surface area contributed by atoms with Crippen molar-refractivity contribution in [2.24, 2.45) is 0 Å². The molecule has 0 radical (unpaired) electrons. The summed E-state index contributed by atoms with van der Waals surface area (Å²) in [5.74, 6) is -0.265. The van der Waals surface area contributed by atoms with Crippen molar-refractivity contribution in [1.82, 2.24) is 5.32 Å². The minimum atomic E-state index is -0.243. The SMILES string of the molecule is O=C1NCCc2ccc(C(Br)c3ccc(F)cc3I)cc21. The fourth-order valence-corrected chi connectivity index (χ4v) is 4.37. The van der Waals surface area contributed by atoms with E-state index < -0.39 is 0 Å². The number of amides is 1. The molecule has 1 N–H and O–H groups in total. The highest BCUT2D eigenvalue weighted by Crippen LogP contribution is 2.35. The third-order valence-electron chi connectivity index (χ3n) is 3.59. The van der Waals surface area contributed by atoms with E-state index in [0.29, 0.717) is 6.54 Å². The molecule has 0 spiro atoms. The van der Waals surface area contributed by atoms with E-state index in [-0.39, 0.29) is 16.6 Å². The zero-order chi connectivity index (χ0) is 15.0. The molecule has 5 heteroatoms. The van der Waals surface area contributed by atoms with Gasteiger partial charge in [-0.3, -0.25) is 4.79 Å². The number of benzene rings is 2. The van der Waals surface area contributed by atoms with Crippen LogP contribution in [-0.4, -0.2) is 12.5 Å². The van der Waals surface area contributed by atoms with E-state index in [1.54, 1.807) is 6.07 Å². The lowest BCUT2D eigenvalue weighted by Gasteiger charge is -2.19. The van der Waals surface area contributed by atoms with Crippen molar-refractivity contribution in [2.75, 3.05) is 6.54 Å². The smallest absolute Gasteiger partial charge is 0.251 e. The highest BCUT2D eigenvalue weighted by Gasteiger charge is 2.20. The summed E-state index contributed by atoms with van der Waals surface area (Å²) in [6, 6.07) is 10.7. The molecule has 2 aromatic rings. The van der Waals surface area contributed by atoms with Crippen LogP contribution in [0, 0.1) is 9.39 Å². The van der Waals surface area contributed by atoms with E-state index in [0.717, 1.165) is 32.2 Å². The standard InChI is InChI=1S/C16H12BrFINO/c17-15(12-4-3-11(18)8-14(12)19)10-2-1-9-5-6-20-16(21)13(9)7-10/h1-4,7-8,15H,5-6H2,(H,20,21). The molecule has 2 aromatic carbocycles. The molecule has 1 unspecified atom stereocenters. The van der Waals surface area contributed by atoms with E-state index in [9.17, 15) is 9.18 Å². The van der Waals surface area contributed by atoms with Gasteiger partial charge in [0.15, 0.2) is 0 Å². The van der Waals surface area contributed by atoms with Gasteiger partial charge < -0.3 is 5.32 Å². The third kappa shape index (κ3) is 2.99. The van der Waals surface area contributed by atoms with E-state index in [2.05, 4.69) is 43.8 Å². The number of nitrogens with one attached hydrogen (secondary N) is 1. The van der Waals surface area contributed by atoms with Gasteiger partial charge in [0.1, 0.15) is 5.82 Å². The molecule has 3 rings (SSSR count). The number of halogens is 3. The number of fused-ring (bicyclic) bond motifs is 1. The van der Waals surface area contributed by atoms with Gasteiger partial charge in [0, 0.05) is 15.7 Å². The average Bonchev–Trinajstić information content (AvgIpc) is 2.47. The highest BCUT2D eigenvalue weighted by molar-refractivity contribution is 14.1. The first-order chi connectivity index (χ1) is 10.1. The van der Waals surface area contributed by atoms with Crippen molar-refractivity contribution < 1.29 is 9.18 Å². The molecule has 108 valence electrons. The van der Waals surface area contributed by atoms with Crippen molar-refractivity contribution in [3.8, 4) is 0 Å². The number of rotatable bonds is 2. The van der Waals surface area contributed by atoms with Gasteiger partial charge in [0.05, 0.1) is 4.83 Å². The number of alkyl halides is 1. The summed E-state index contributed by atoms with van der Waals surface area (Å²) < 4.78 is 14.1. The molecule has 1 aliphatic rings. The molecule has 1 atom stereocenters. The van der Waals surface area contributed by atoms with Gasteiger partial charge in [-0.2, -0.15) is 0 Å². The van der Waals surface area contributed by atoms with E-state index >= 15 is 0 Å². The minimum Gasteiger partial charge on any atom is -0.352 e. The molecule has 0 aliphatic carbocycles. The van der Waals surface area contributed by atoms with Crippen LogP contribution in [-0.2, 0) is 6.42 Å². The Bertz CT molecular complexity index is 719. The lowest BCUT2D eigenvalue weighted by atomic mass is 9.95. The fourth-order valence-electron chi connectivity index (χ4n) is 2.47. The van der Waals surface area contributed by atoms with Crippen LogP contribution in [0.1, 0.15) is 31.9 Å². The molecule has 0 saturated heterocycles. The molecular weight excluding hydrogens is 448 g/mol. The number of hydrogen-bond donors (Lipinski definition) is 1. The number of carbonyl (C=O) groups excluding carboxylic acids is 1. The average molecular weight is 460 g/mol. The third-order valence-corrected chi connectivity index (χ3v) is 5.54. The van der Waals surface area contributed by atoms with Crippen LogP contribution in [0.2, 0.25) is 0 Å². The summed E-state index contributed by atoms with van der Waals surface area (Å²) in [5, 5.41) is 2.86. The Morgan fingerprint density at radius 1 is 1.24 bits per heavy atom. The molecule has 1 heterocycles. The van der Waals surface area contributed by atoms with Crippen molar-refractivity contribution in [3.05, 3.63) is 68.0 Å². The quantitative estimate of drug-likeness (QED) is 0.529.